The summed E-state index contributed by atoms with van der Waals surface area (Å²) in [5.74, 6) is -0.457. The van der Waals surface area contributed by atoms with Gasteiger partial charge in [0.05, 0.1) is 0 Å². The van der Waals surface area contributed by atoms with Crippen LogP contribution in [-0.4, -0.2) is 41.2 Å². The number of aromatic amines is 1. The first-order chi connectivity index (χ1) is 17.5. The van der Waals surface area contributed by atoms with Crippen LogP contribution in [0.15, 0.2) is 102 Å². The van der Waals surface area contributed by atoms with Crippen molar-refractivity contribution in [3.05, 3.63) is 135 Å². The van der Waals surface area contributed by atoms with E-state index in [4.69, 9.17) is 9.84 Å². The molecule has 0 saturated heterocycles. The molecule has 1 heterocycles. The van der Waals surface area contributed by atoms with Crippen LogP contribution in [-0.2, 0) is 17.8 Å². The van der Waals surface area contributed by atoms with Crippen LogP contribution in [0.2, 0.25) is 0 Å². The summed E-state index contributed by atoms with van der Waals surface area (Å²) in [6.45, 7) is 0.970. The summed E-state index contributed by atoms with van der Waals surface area (Å²) in [5.41, 5.74) is 5.07. The van der Waals surface area contributed by atoms with Gasteiger partial charge in [-0.05, 0) is 53.9 Å². The van der Waals surface area contributed by atoms with Crippen molar-refractivity contribution in [1.29, 1.82) is 0 Å². The van der Waals surface area contributed by atoms with Crippen molar-refractivity contribution in [3.8, 4) is 5.75 Å². The number of hydrogen-bond donors (Lipinski definition) is 2. The van der Waals surface area contributed by atoms with Crippen LogP contribution in [0.5, 0.6) is 5.75 Å². The fourth-order valence-electron chi connectivity index (χ4n) is 4.35. The molecular weight excluding hydrogens is 452 g/mol. The second kappa shape index (κ2) is 12.0. The Morgan fingerprint density at radius 2 is 1.58 bits per heavy atom. The molecule has 3 aromatic carbocycles. The molecule has 0 aliphatic rings. The molecular formula is C30H30N2O4. The summed E-state index contributed by atoms with van der Waals surface area (Å²) in [5, 5.41) is 8.81. The van der Waals surface area contributed by atoms with E-state index in [0.29, 0.717) is 25.3 Å². The van der Waals surface area contributed by atoms with Crippen molar-refractivity contribution in [2.24, 2.45) is 0 Å². The van der Waals surface area contributed by atoms with Gasteiger partial charge in [-0.15, -0.1) is 0 Å². The summed E-state index contributed by atoms with van der Waals surface area (Å²) in [4.78, 5) is 28.5. The Balaban J connectivity index is 1.48. The molecule has 0 radical (unpaired) electrons. The number of rotatable bonds is 11. The minimum absolute atomic E-state index is 0.0225. The lowest BCUT2D eigenvalue weighted by molar-refractivity contribution is -0.139. The van der Waals surface area contributed by atoms with Crippen LogP contribution >= 0.6 is 0 Å². The highest BCUT2D eigenvalue weighted by Gasteiger charge is 2.18. The molecule has 0 unspecified atom stereocenters. The molecule has 0 amide bonds. The molecule has 4 aromatic rings. The van der Waals surface area contributed by atoms with Gasteiger partial charge >= 0.3 is 5.97 Å². The van der Waals surface area contributed by atoms with E-state index in [2.05, 4.69) is 34.1 Å². The summed E-state index contributed by atoms with van der Waals surface area (Å²) in [6.07, 6.45) is 2.42. The van der Waals surface area contributed by atoms with Crippen LogP contribution in [0.3, 0.4) is 0 Å². The zero-order chi connectivity index (χ0) is 25.3. The largest absolute Gasteiger partial charge is 0.482 e. The number of aliphatic carboxylic acids is 1. The van der Waals surface area contributed by atoms with E-state index < -0.39 is 5.97 Å². The number of aromatic nitrogens is 1. The van der Waals surface area contributed by atoms with E-state index >= 15 is 0 Å². The van der Waals surface area contributed by atoms with Gasteiger partial charge in [0.1, 0.15) is 5.75 Å². The third kappa shape index (κ3) is 6.71. The van der Waals surface area contributed by atoms with E-state index in [-0.39, 0.29) is 18.1 Å². The normalized spacial score (nSPS) is 11.1. The van der Waals surface area contributed by atoms with E-state index in [1.54, 1.807) is 6.07 Å². The zero-order valence-corrected chi connectivity index (χ0v) is 20.3. The second-order valence-electron chi connectivity index (χ2n) is 8.86. The van der Waals surface area contributed by atoms with Crippen molar-refractivity contribution >= 4 is 5.97 Å². The molecule has 6 heteroatoms. The van der Waals surface area contributed by atoms with Gasteiger partial charge in [-0.2, -0.15) is 0 Å². The minimum Gasteiger partial charge on any atom is -0.482 e. The topological polar surface area (TPSA) is 82.6 Å². The summed E-state index contributed by atoms with van der Waals surface area (Å²) >= 11 is 0. The highest BCUT2D eigenvalue weighted by Crippen LogP contribution is 2.31. The van der Waals surface area contributed by atoms with Crippen molar-refractivity contribution in [2.45, 2.75) is 18.9 Å². The Morgan fingerprint density at radius 1 is 0.917 bits per heavy atom. The molecule has 0 bridgehead atoms. The maximum absolute atomic E-state index is 12.7. The van der Waals surface area contributed by atoms with Crippen LogP contribution in [0, 0.1) is 0 Å². The lowest BCUT2D eigenvalue weighted by Gasteiger charge is -2.20. The Morgan fingerprint density at radius 3 is 2.22 bits per heavy atom. The first-order valence-corrected chi connectivity index (χ1v) is 11.9. The Labute approximate surface area is 210 Å². The third-order valence-electron chi connectivity index (χ3n) is 6.08. The van der Waals surface area contributed by atoms with Crippen molar-refractivity contribution in [2.75, 3.05) is 20.2 Å². The predicted octanol–water partition coefficient (Wildman–Crippen LogP) is 4.69. The van der Waals surface area contributed by atoms with Crippen molar-refractivity contribution in [3.63, 3.8) is 0 Å². The fourth-order valence-corrected chi connectivity index (χ4v) is 4.35. The van der Waals surface area contributed by atoms with Gasteiger partial charge in [-0.3, -0.25) is 4.79 Å². The monoisotopic (exact) mass is 482 g/mol. The SMILES string of the molecule is CN(CCc1cc(C(c2ccccc2)c2ccccc2)c[nH]c1=O)Cc1cccc(OCC(=O)O)c1. The lowest BCUT2D eigenvalue weighted by atomic mass is 9.85. The number of carboxylic acids is 1. The molecule has 2 N–H and O–H groups in total. The van der Waals surface area contributed by atoms with Gasteiger partial charge in [0.25, 0.3) is 5.56 Å². The fraction of sp³-hybridized carbons (Fsp3) is 0.200. The van der Waals surface area contributed by atoms with Gasteiger partial charge in [-0.25, -0.2) is 4.79 Å². The standard InChI is InChI=1S/C30H30N2O4/c1-32(20-22-9-8-14-27(17-22)36-21-28(33)34)16-15-25-18-26(19-31-30(25)35)29(23-10-4-2-5-11-23)24-12-6-3-7-13-24/h2-14,17-19,29H,15-16,20-21H2,1H3,(H,31,35)(H,33,34). The molecule has 0 atom stereocenters. The molecule has 1 aromatic heterocycles. The maximum Gasteiger partial charge on any atom is 0.341 e. The summed E-state index contributed by atoms with van der Waals surface area (Å²) < 4.78 is 5.28. The van der Waals surface area contributed by atoms with Gasteiger partial charge in [0.15, 0.2) is 6.61 Å². The number of pyridine rings is 1. The number of ether oxygens (including phenoxy) is 1. The van der Waals surface area contributed by atoms with E-state index in [1.807, 2.05) is 73.9 Å². The Kier molecular flexibility index (Phi) is 8.32. The van der Waals surface area contributed by atoms with Crippen LogP contribution in [0.1, 0.15) is 33.7 Å². The Bertz CT molecular complexity index is 1300. The van der Waals surface area contributed by atoms with Gasteiger partial charge in [0, 0.05) is 30.8 Å². The molecule has 184 valence electrons. The molecule has 0 aliphatic carbocycles. The minimum atomic E-state index is -1.01. The Hall–Kier alpha value is -4.16. The average Bonchev–Trinajstić information content (AvgIpc) is 2.89. The smallest absolute Gasteiger partial charge is 0.341 e. The number of nitrogens with one attached hydrogen (secondary N) is 1. The van der Waals surface area contributed by atoms with Gasteiger partial charge in [-0.1, -0.05) is 72.8 Å². The molecule has 4 rings (SSSR count). The summed E-state index contributed by atoms with van der Waals surface area (Å²) in [7, 11) is 2.00. The van der Waals surface area contributed by atoms with Gasteiger partial charge < -0.3 is 19.7 Å². The number of nitrogens with zero attached hydrogens (tertiary/aromatic N) is 1. The van der Waals surface area contributed by atoms with Crippen LogP contribution in [0.25, 0.3) is 0 Å². The van der Waals surface area contributed by atoms with E-state index in [0.717, 1.165) is 16.7 Å². The van der Waals surface area contributed by atoms with Crippen molar-refractivity contribution < 1.29 is 14.6 Å². The molecule has 0 saturated carbocycles. The molecule has 0 aliphatic heterocycles. The van der Waals surface area contributed by atoms with E-state index in [9.17, 15) is 9.59 Å². The molecule has 36 heavy (non-hydrogen) atoms. The number of hydrogen-bond acceptors (Lipinski definition) is 4. The average molecular weight is 483 g/mol. The molecule has 0 spiro atoms. The first kappa shape index (κ1) is 24.9. The van der Waals surface area contributed by atoms with Crippen LogP contribution < -0.4 is 10.3 Å². The lowest BCUT2D eigenvalue weighted by Crippen LogP contribution is -2.24. The predicted molar refractivity (Wildman–Crippen MR) is 141 cm³/mol. The van der Waals surface area contributed by atoms with Crippen LogP contribution in [0.4, 0.5) is 0 Å². The third-order valence-corrected chi connectivity index (χ3v) is 6.08. The number of H-pyrrole nitrogens is 1. The number of likely N-dealkylation sites (N-methyl/N-ethyl adjacent to an activating group) is 1. The number of carboxylic acid groups (broad SMARTS) is 1. The number of carbonyl (C=O) groups is 1. The quantitative estimate of drug-likeness (QED) is 0.324. The highest BCUT2D eigenvalue weighted by atomic mass is 16.5. The van der Waals surface area contributed by atoms with Crippen molar-refractivity contribution in [1.82, 2.24) is 9.88 Å². The molecule has 0 fully saturated rings. The van der Waals surface area contributed by atoms with E-state index in [1.165, 1.54) is 11.1 Å². The zero-order valence-electron chi connectivity index (χ0n) is 20.3. The highest BCUT2D eigenvalue weighted by molar-refractivity contribution is 5.68. The number of benzene rings is 3. The maximum atomic E-state index is 12.7. The molecule has 6 nitrogen and oxygen atoms in total. The second-order valence-corrected chi connectivity index (χ2v) is 8.86. The summed E-state index contributed by atoms with van der Waals surface area (Å²) in [6, 6.07) is 30.1. The van der Waals surface area contributed by atoms with Gasteiger partial charge in [0.2, 0.25) is 0 Å². The first-order valence-electron chi connectivity index (χ1n) is 11.9.